The molecule has 2 aliphatic rings. The molecule has 2 atom stereocenters. The fraction of sp³-hybridized carbons (Fsp3) is 0.318. The molecule has 1 aliphatic carbocycles. The highest BCUT2D eigenvalue weighted by Crippen LogP contribution is 2.49. The first kappa shape index (κ1) is 19.5. The Hall–Kier alpha value is -2.86. The highest BCUT2D eigenvalue weighted by atomic mass is 35.5. The summed E-state index contributed by atoms with van der Waals surface area (Å²) in [6, 6.07) is 16.8. The van der Waals surface area contributed by atoms with Gasteiger partial charge in [-0.25, -0.2) is 0 Å². The van der Waals surface area contributed by atoms with Crippen molar-refractivity contribution in [2.45, 2.75) is 38.8 Å². The number of rotatable bonds is 4. The number of hydrazone groups is 1. The Kier molecular flexibility index (Phi) is 5.04. The van der Waals surface area contributed by atoms with Crippen LogP contribution in [0.2, 0.25) is 5.02 Å². The van der Waals surface area contributed by atoms with Gasteiger partial charge in [0.2, 0.25) is 0 Å². The van der Waals surface area contributed by atoms with Gasteiger partial charge in [0.25, 0.3) is 0 Å². The number of benzene rings is 2. The number of ether oxygens (including phenoxy) is 1. The summed E-state index contributed by atoms with van der Waals surface area (Å²) in [5.74, 6) is 0.140. The van der Waals surface area contributed by atoms with E-state index in [1.54, 1.807) is 12.1 Å². The van der Waals surface area contributed by atoms with E-state index in [-0.39, 0.29) is 10.3 Å². The number of halogens is 1. The van der Waals surface area contributed by atoms with Crippen LogP contribution in [0.25, 0.3) is 0 Å². The number of hydrogen-bond donors (Lipinski definition) is 1. The monoisotopic (exact) mass is 411 g/mol. The fourth-order valence-corrected chi connectivity index (χ4v) is 4.15. The van der Waals surface area contributed by atoms with E-state index >= 15 is 0 Å². The molecule has 0 bridgehead atoms. The number of anilines is 1. The van der Waals surface area contributed by atoms with Crippen molar-refractivity contribution >= 4 is 23.0 Å². The topological polar surface area (TPSA) is 76.8 Å². The van der Waals surface area contributed by atoms with Crippen LogP contribution in [0.1, 0.15) is 38.2 Å². The van der Waals surface area contributed by atoms with Gasteiger partial charge in [0, 0.05) is 17.0 Å². The molecule has 6 nitrogen and oxygen atoms in total. The molecule has 2 aromatic carbocycles. The van der Waals surface area contributed by atoms with E-state index in [9.17, 15) is 10.1 Å². The normalized spacial score (nSPS) is 24.2. The standard InChI is InChI=1S/C22H22ClN3O3/c1-22(2)12-17(25-24-16-6-4-3-5-7-16)20-18(13-22)29-21(26(27)28)19(20)14-8-10-15(23)11-9-14/h3-11,19,21,24H,12-13H2,1-2H3/b25-17-/t19-,21+/m0/s1. The molecule has 0 saturated carbocycles. The minimum atomic E-state index is -1.17. The summed E-state index contributed by atoms with van der Waals surface area (Å²) in [5.41, 5.74) is 6.26. The third-order valence-corrected chi connectivity index (χ3v) is 5.54. The molecule has 7 heteroatoms. The Morgan fingerprint density at radius 2 is 1.83 bits per heavy atom. The van der Waals surface area contributed by atoms with E-state index in [0.717, 1.165) is 22.5 Å². The van der Waals surface area contributed by atoms with Crippen LogP contribution >= 0.6 is 11.6 Å². The van der Waals surface area contributed by atoms with Gasteiger partial charge in [0.05, 0.1) is 16.3 Å². The number of nitrogens with zero attached hydrogens (tertiary/aromatic N) is 2. The molecule has 0 amide bonds. The van der Waals surface area contributed by atoms with Crippen molar-refractivity contribution in [2.75, 3.05) is 5.43 Å². The van der Waals surface area contributed by atoms with E-state index in [1.807, 2.05) is 42.5 Å². The molecule has 0 fully saturated rings. The Morgan fingerprint density at radius 3 is 2.48 bits per heavy atom. The van der Waals surface area contributed by atoms with Gasteiger partial charge in [-0.1, -0.05) is 55.8 Å². The van der Waals surface area contributed by atoms with Crippen molar-refractivity contribution in [1.82, 2.24) is 0 Å². The van der Waals surface area contributed by atoms with Gasteiger partial charge in [-0.3, -0.25) is 15.5 Å². The largest absolute Gasteiger partial charge is 0.433 e. The lowest BCUT2D eigenvalue weighted by Crippen LogP contribution is -2.29. The summed E-state index contributed by atoms with van der Waals surface area (Å²) in [5, 5.41) is 17.1. The Morgan fingerprint density at radius 1 is 1.14 bits per heavy atom. The second-order valence-electron chi connectivity index (χ2n) is 8.21. The SMILES string of the molecule is CC1(C)CC2=C(/C(=N\Nc3ccccc3)C1)[C@H](c1ccc(Cl)cc1)[C@H]([N+](=O)[O-])O2. The smallest absolute Gasteiger partial charge is 0.364 e. The Balaban J connectivity index is 1.78. The lowest BCUT2D eigenvalue weighted by Gasteiger charge is -2.31. The average Bonchev–Trinajstić information content (AvgIpc) is 3.06. The van der Waals surface area contributed by atoms with E-state index < -0.39 is 12.1 Å². The van der Waals surface area contributed by atoms with Crippen LogP contribution in [0.5, 0.6) is 0 Å². The predicted molar refractivity (Wildman–Crippen MR) is 114 cm³/mol. The number of nitrogens with one attached hydrogen (secondary N) is 1. The fourth-order valence-electron chi connectivity index (χ4n) is 4.03. The van der Waals surface area contributed by atoms with Gasteiger partial charge in [-0.2, -0.15) is 5.10 Å². The maximum Gasteiger partial charge on any atom is 0.364 e. The molecule has 1 N–H and O–H groups in total. The lowest BCUT2D eigenvalue weighted by molar-refractivity contribution is -0.570. The average molecular weight is 412 g/mol. The zero-order valence-electron chi connectivity index (χ0n) is 16.3. The van der Waals surface area contributed by atoms with Crippen molar-refractivity contribution in [3.63, 3.8) is 0 Å². The third-order valence-electron chi connectivity index (χ3n) is 5.29. The van der Waals surface area contributed by atoms with Crippen LogP contribution in [-0.4, -0.2) is 16.9 Å². The third kappa shape index (κ3) is 3.98. The van der Waals surface area contributed by atoms with Crippen LogP contribution in [-0.2, 0) is 4.74 Å². The maximum absolute atomic E-state index is 11.8. The van der Waals surface area contributed by atoms with Crippen LogP contribution in [0.4, 0.5) is 5.69 Å². The Labute approximate surface area is 174 Å². The first-order valence-electron chi connectivity index (χ1n) is 9.51. The summed E-state index contributed by atoms with van der Waals surface area (Å²) < 4.78 is 5.88. The molecule has 2 aromatic rings. The minimum absolute atomic E-state index is 0.105. The molecule has 0 radical (unpaired) electrons. The van der Waals surface area contributed by atoms with Crippen molar-refractivity contribution in [2.24, 2.45) is 10.5 Å². The van der Waals surface area contributed by atoms with Gasteiger partial charge >= 0.3 is 6.23 Å². The quantitative estimate of drug-likeness (QED) is 0.524. The van der Waals surface area contributed by atoms with Crippen LogP contribution in [0, 0.1) is 15.5 Å². The van der Waals surface area contributed by atoms with Crippen molar-refractivity contribution in [3.05, 3.63) is 86.6 Å². The second kappa shape index (κ2) is 7.52. The molecule has 150 valence electrons. The molecule has 1 aliphatic heterocycles. The molecule has 4 rings (SSSR count). The van der Waals surface area contributed by atoms with E-state index in [0.29, 0.717) is 23.6 Å². The molecule has 29 heavy (non-hydrogen) atoms. The molecule has 0 saturated heterocycles. The summed E-state index contributed by atoms with van der Waals surface area (Å²) in [4.78, 5) is 11.5. The molecule has 0 aromatic heterocycles. The molecular weight excluding hydrogens is 390 g/mol. The number of allylic oxidation sites excluding steroid dienone is 1. The summed E-state index contributed by atoms with van der Waals surface area (Å²) in [6.07, 6.45) is 0.169. The minimum Gasteiger partial charge on any atom is -0.433 e. The van der Waals surface area contributed by atoms with E-state index in [1.165, 1.54) is 0 Å². The summed E-state index contributed by atoms with van der Waals surface area (Å²) >= 11 is 6.03. The summed E-state index contributed by atoms with van der Waals surface area (Å²) in [7, 11) is 0. The molecular formula is C22H22ClN3O3. The predicted octanol–water partition coefficient (Wildman–Crippen LogP) is 5.60. The first-order chi connectivity index (χ1) is 13.8. The summed E-state index contributed by atoms with van der Waals surface area (Å²) in [6.45, 7) is 4.24. The second-order valence-corrected chi connectivity index (χ2v) is 8.65. The maximum atomic E-state index is 11.8. The zero-order chi connectivity index (χ0) is 20.6. The molecule has 0 spiro atoms. The van der Waals surface area contributed by atoms with E-state index in [2.05, 4.69) is 24.4 Å². The van der Waals surface area contributed by atoms with Crippen LogP contribution in [0.3, 0.4) is 0 Å². The highest BCUT2D eigenvalue weighted by molar-refractivity contribution is 6.30. The highest BCUT2D eigenvalue weighted by Gasteiger charge is 2.50. The molecule has 0 unspecified atom stereocenters. The van der Waals surface area contributed by atoms with Crippen molar-refractivity contribution < 1.29 is 9.66 Å². The lowest BCUT2D eigenvalue weighted by atomic mass is 9.73. The van der Waals surface area contributed by atoms with Crippen molar-refractivity contribution in [3.8, 4) is 0 Å². The van der Waals surface area contributed by atoms with Gasteiger partial charge < -0.3 is 4.74 Å². The zero-order valence-corrected chi connectivity index (χ0v) is 17.0. The number of hydrogen-bond acceptors (Lipinski definition) is 5. The van der Waals surface area contributed by atoms with Gasteiger partial charge in [0.15, 0.2) is 0 Å². The number of para-hydroxylation sites is 1. The van der Waals surface area contributed by atoms with E-state index in [4.69, 9.17) is 16.3 Å². The number of nitro groups is 1. The van der Waals surface area contributed by atoms with Crippen molar-refractivity contribution in [1.29, 1.82) is 0 Å². The first-order valence-corrected chi connectivity index (χ1v) is 9.88. The molecule has 1 heterocycles. The van der Waals surface area contributed by atoms with Crippen LogP contribution < -0.4 is 5.43 Å². The Bertz CT molecular complexity index is 984. The van der Waals surface area contributed by atoms with Crippen LogP contribution in [0.15, 0.2) is 71.0 Å². The van der Waals surface area contributed by atoms with Gasteiger partial charge in [-0.15, -0.1) is 0 Å². The van der Waals surface area contributed by atoms with Gasteiger partial charge in [-0.05, 0) is 41.7 Å². The van der Waals surface area contributed by atoms with Gasteiger partial charge in [0.1, 0.15) is 11.7 Å².